The second kappa shape index (κ2) is 8.58. The number of hydrogen-bond donors (Lipinski definition) is 0. The molecule has 1 amide bonds. The molecule has 0 radical (unpaired) electrons. The van der Waals surface area contributed by atoms with E-state index in [-0.39, 0.29) is 11.7 Å². The fourth-order valence-electron chi connectivity index (χ4n) is 4.32. The summed E-state index contributed by atoms with van der Waals surface area (Å²) in [6, 6.07) is 6.70. The molecule has 32 heavy (non-hydrogen) atoms. The Kier molecular flexibility index (Phi) is 5.48. The van der Waals surface area contributed by atoms with Crippen molar-refractivity contribution in [2.24, 2.45) is 0 Å². The lowest BCUT2D eigenvalue weighted by Crippen LogP contribution is -2.58. The van der Waals surface area contributed by atoms with Gasteiger partial charge in [-0.3, -0.25) is 9.78 Å². The van der Waals surface area contributed by atoms with Gasteiger partial charge in [-0.1, -0.05) is 0 Å². The molecule has 0 unspecified atom stereocenters. The summed E-state index contributed by atoms with van der Waals surface area (Å²) < 4.78 is 20.3. The van der Waals surface area contributed by atoms with E-state index in [2.05, 4.69) is 19.9 Å². The molecule has 2 aliphatic rings. The van der Waals surface area contributed by atoms with Crippen LogP contribution >= 0.6 is 0 Å². The third kappa shape index (κ3) is 4.03. The summed E-state index contributed by atoms with van der Waals surface area (Å²) in [6.07, 6.45) is 9.45. The lowest BCUT2D eigenvalue weighted by molar-refractivity contribution is -0.0871. The maximum Gasteiger partial charge on any atom is 0.256 e. The van der Waals surface area contributed by atoms with Crippen molar-refractivity contribution in [3.8, 4) is 11.4 Å². The van der Waals surface area contributed by atoms with Gasteiger partial charge in [0.1, 0.15) is 0 Å². The highest BCUT2D eigenvalue weighted by atomic mass is 19.1. The van der Waals surface area contributed by atoms with E-state index in [9.17, 15) is 9.18 Å². The Labute approximate surface area is 185 Å². The highest BCUT2D eigenvalue weighted by Crippen LogP contribution is 2.32. The van der Waals surface area contributed by atoms with Gasteiger partial charge in [-0.15, -0.1) is 0 Å². The van der Waals surface area contributed by atoms with E-state index in [1.165, 1.54) is 6.07 Å². The van der Waals surface area contributed by atoms with Gasteiger partial charge in [-0.25, -0.2) is 19.3 Å². The molecule has 3 aromatic heterocycles. The van der Waals surface area contributed by atoms with Gasteiger partial charge in [0, 0.05) is 62.7 Å². The monoisotopic (exact) mass is 434 g/mol. The van der Waals surface area contributed by atoms with E-state index in [1.54, 1.807) is 42.0 Å². The third-order valence-electron chi connectivity index (χ3n) is 6.07. The zero-order chi connectivity index (χ0) is 22.0. The zero-order valence-electron chi connectivity index (χ0n) is 17.5. The number of halogens is 1. The Morgan fingerprint density at radius 3 is 2.50 bits per heavy atom. The average Bonchev–Trinajstić information content (AvgIpc) is 2.85. The summed E-state index contributed by atoms with van der Waals surface area (Å²) in [5, 5.41) is 0. The minimum atomic E-state index is -0.403. The molecule has 9 heteroatoms. The Hall–Kier alpha value is -3.46. The average molecular weight is 434 g/mol. The molecule has 2 fully saturated rings. The standard InChI is InChI=1S/C23H23FN6O2/c24-19-4-2-8-26-21(19)30-11-12-32-23(16-30)5-9-29(10-6-23)22(31)18-14-27-20(28-15-18)17-3-1-7-25-13-17/h1-4,7-8,13-15H,5-6,9-12,16H2. The van der Waals surface area contributed by atoms with Crippen molar-refractivity contribution in [2.75, 3.05) is 37.7 Å². The number of carbonyl (C=O) groups excluding carboxylic acids is 1. The molecule has 3 aromatic rings. The molecule has 2 saturated heterocycles. The quantitative estimate of drug-likeness (QED) is 0.626. The lowest BCUT2D eigenvalue weighted by atomic mass is 9.89. The number of carbonyl (C=O) groups is 1. The molecule has 0 atom stereocenters. The number of piperidine rings is 1. The summed E-state index contributed by atoms with van der Waals surface area (Å²) in [5.74, 6) is 0.470. The van der Waals surface area contributed by atoms with Gasteiger partial charge >= 0.3 is 0 Å². The molecule has 0 N–H and O–H groups in total. The van der Waals surface area contributed by atoms with Gasteiger partial charge in [0.25, 0.3) is 5.91 Å². The predicted octanol–water partition coefficient (Wildman–Crippen LogP) is 2.58. The second-order valence-corrected chi connectivity index (χ2v) is 8.09. The molecule has 0 aliphatic carbocycles. The third-order valence-corrected chi connectivity index (χ3v) is 6.07. The molecule has 0 aromatic carbocycles. The zero-order valence-corrected chi connectivity index (χ0v) is 17.5. The van der Waals surface area contributed by atoms with Gasteiger partial charge in [0.05, 0.1) is 17.8 Å². The van der Waals surface area contributed by atoms with Crippen LogP contribution in [0.3, 0.4) is 0 Å². The smallest absolute Gasteiger partial charge is 0.256 e. The minimum Gasteiger partial charge on any atom is -0.371 e. The summed E-state index contributed by atoms with van der Waals surface area (Å²) >= 11 is 0. The fraction of sp³-hybridized carbons (Fsp3) is 0.348. The summed E-state index contributed by atoms with van der Waals surface area (Å²) in [7, 11) is 0. The van der Waals surface area contributed by atoms with Gasteiger partial charge in [0.2, 0.25) is 0 Å². The van der Waals surface area contributed by atoms with Crippen LogP contribution in [0.15, 0.2) is 55.2 Å². The first-order valence-electron chi connectivity index (χ1n) is 10.6. The molecular weight excluding hydrogens is 411 g/mol. The van der Waals surface area contributed by atoms with Crippen LogP contribution in [0.2, 0.25) is 0 Å². The molecule has 0 saturated carbocycles. The van der Waals surface area contributed by atoms with Gasteiger partial charge < -0.3 is 14.5 Å². The Morgan fingerprint density at radius 1 is 1.00 bits per heavy atom. The predicted molar refractivity (Wildman–Crippen MR) is 115 cm³/mol. The van der Waals surface area contributed by atoms with Crippen molar-refractivity contribution in [1.29, 1.82) is 0 Å². The highest BCUT2D eigenvalue weighted by Gasteiger charge is 2.41. The molecule has 1 spiro atoms. The van der Waals surface area contributed by atoms with Crippen LogP contribution in [0.4, 0.5) is 10.2 Å². The van der Waals surface area contributed by atoms with Gasteiger partial charge in [-0.2, -0.15) is 0 Å². The fourth-order valence-corrected chi connectivity index (χ4v) is 4.32. The normalized spacial score (nSPS) is 18.0. The minimum absolute atomic E-state index is 0.0963. The first-order chi connectivity index (χ1) is 15.6. The summed E-state index contributed by atoms with van der Waals surface area (Å²) in [6.45, 7) is 2.78. The van der Waals surface area contributed by atoms with E-state index in [1.807, 2.05) is 17.0 Å². The molecule has 5 heterocycles. The van der Waals surface area contributed by atoms with Crippen LogP contribution in [0.25, 0.3) is 11.4 Å². The maximum atomic E-state index is 14.2. The number of aromatic nitrogens is 4. The van der Waals surface area contributed by atoms with Crippen molar-refractivity contribution >= 4 is 11.7 Å². The molecular formula is C23H23FN6O2. The lowest BCUT2D eigenvalue weighted by Gasteiger charge is -2.47. The second-order valence-electron chi connectivity index (χ2n) is 8.09. The molecule has 8 nitrogen and oxygen atoms in total. The largest absolute Gasteiger partial charge is 0.371 e. The first kappa shape index (κ1) is 20.4. The van der Waals surface area contributed by atoms with E-state index in [0.717, 1.165) is 5.56 Å². The number of anilines is 1. The number of hydrogen-bond acceptors (Lipinski definition) is 7. The Balaban J connectivity index is 1.23. The number of ether oxygens (including phenoxy) is 1. The SMILES string of the molecule is O=C(c1cnc(-c2cccnc2)nc1)N1CCC2(CC1)CN(c1ncccc1F)CCO2. The number of morpholine rings is 1. The van der Waals surface area contributed by atoms with E-state index in [0.29, 0.717) is 62.8 Å². The Morgan fingerprint density at radius 2 is 1.78 bits per heavy atom. The van der Waals surface area contributed by atoms with Crippen LogP contribution in [-0.2, 0) is 4.74 Å². The molecule has 164 valence electrons. The van der Waals surface area contributed by atoms with E-state index in [4.69, 9.17) is 4.74 Å². The number of pyridine rings is 2. The molecule has 0 bridgehead atoms. The van der Waals surface area contributed by atoms with Crippen molar-refractivity contribution in [3.63, 3.8) is 0 Å². The maximum absolute atomic E-state index is 14.2. The van der Waals surface area contributed by atoms with Crippen molar-refractivity contribution in [3.05, 3.63) is 66.6 Å². The highest BCUT2D eigenvalue weighted by molar-refractivity contribution is 5.93. The number of nitrogens with zero attached hydrogens (tertiary/aromatic N) is 6. The Bertz CT molecular complexity index is 1090. The van der Waals surface area contributed by atoms with E-state index < -0.39 is 5.60 Å². The van der Waals surface area contributed by atoms with Crippen molar-refractivity contribution < 1.29 is 13.9 Å². The number of amides is 1. The molecule has 2 aliphatic heterocycles. The first-order valence-corrected chi connectivity index (χ1v) is 10.6. The van der Waals surface area contributed by atoms with Crippen molar-refractivity contribution in [1.82, 2.24) is 24.8 Å². The van der Waals surface area contributed by atoms with Crippen LogP contribution in [0.1, 0.15) is 23.2 Å². The number of rotatable bonds is 3. The topological polar surface area (TPSA) is 84.3 Å². The van der Waals surface area contributed by atoms with E-state index >= 15 is 0 Å². The van der Waals surface area contributed by atoms with Crippen LogP contribution < -0.4 is 4.90 Å². The van der Waals surface area contributed by atoms with Crippen LogP contribution in [-0.4, -0.2) is 69.1 Å². The van der Waals surface area contributed by atoms with Crippen molar-refractivity contribution in [2.45, 2.75) is 18.4 Å². The van der Waals surface area contributed by atoms with Gasteiger partial charge in [-0.05, 0) is 37.1 Å². The summed E-state index contributed by atoms with van der Waals surface area (Å²) in [4.78, 5) is 33.6. The van der Waals surface area contributed by atoms with Crippen LogP contribution in [0.5, 0.6) is 0 Å². The van der Waals surface area contributed by atoms with Crippen LogP contribution in [0, 0.1) is 5.82 Å². The number of likely N-dealkylation sites (tertiary alicyclic amines) is 1. The molecule has 5 rings (SSSR count). The van der Waals surface area contributed by atoms with Gasteiger partial charge in [0.15, 0.2) is 17.5 Å². The summed E-state index contributed by atoms with van der Waals surface area (Å²) in [5.41, 5.74) is 0.852.